The Labute approximate surface area is 139 Å². The molecule has 2 aliphatic rings. The number of rotatable bonds is 4. The molecule has 0 aromatic carbocycles. The minimum atomic E-state index is -1.05. The number of hydrogen-bond acceptors (Lipinski definition) is 8. The van der Waals surface area contributed by atoms with Crippen LogP contribution in [0.15, 0.2) is 0 Å². The molecule has 3 atom stereocenters. The molecule has 24 heavy (non-hydrogen) atoms. The Bertz CT molecular complexity index is 490. The highest BCUT2D eigenvalue weighted by Gasteiger charge is 2.40. The number of carbonyl (C=O) groups excluding carboxylic acids is 1. The fourth-order valence-corrected chi connectivity index (χ4v) is 2.83. The summed E-state index contributed by atoms with van der Waals surface area (Å²) in [6, 6.07) is -1.60. The Balaban J connectivity index is 0.000000240. The summed E-state index contributed by atoms with van der Waals surface area (Å²) in [5.74, 6) is -2.18. The molecule has 12 heteroatoms. The second-order valence-electron chi connectivity index (χ2n) is 5.97. The van der Waals surface area contributed by atoms with E-state index in [2.05, 4.69) is 0 Å². The fraction of sp³-hybridized carbons (Fsp3) is 0.750. The lowest BCUT2D eigenvalue weighted by molar-refractivity contribution is -0.142. The van der Waals surface area contributed by atoms with Crippen molar-refractivity contribution >= 4 is 31.8 Å². The molecule has 0 spiro atoms. The van der Waals surface area contributed by atoms with Gasteiger partial charge >= 0.3 is 26.0 Å². The average Bonchev–Trinajstić information content (AvgIpc) is 3.03. The molecular weight excluding hydrogens is 322 g/mol. The highest BCUT2D eigenvalue weighted by Crippen LogP contribution is 2.18. The molecule has 0 amide bonds. The lowest BCUT2D eigenvalue weighted by Crippen LogP contribution is -2.44. The molecule has 0 bridgehead atoms. The number of aliphatic carboxylic acids is 2. The fourth-order valence-electron chi connectivity index (χ4n) is 2.83. The first-order valence-corrected chi connectivity index (χ1v) is 7.57. The molecule has 2 rings (SSSR count). The third kappa shape index (κ3) is 5.28. The van der Waals surface area contributed by atoms with Crippen LogP contribution in [-0.2, 0) is 14.4 Å². The second-order valence-corrected chi connectivity index (χ2v) is 5.97. The summed E-state index contributed by atoms with van der Waals surface area (Å²) >= 11 is 0. The Kier molecular flexibility index (Phi) is 7.36. The van der Waals surface area contributed by atoms with Gasteiger partial charge in [-0.2, -0.15) is 0 Å². The monoisotopic (exact) mass is 344 g/mol. The van der Waals surface area contributed by atoms with Crippen LogP contribution in [0.5, 0.6) is 0 Å². The first-order chi connectivity index (χ1) is 11.0. The largest absolute Gasteiger partial charge is 0.480 e. The van der Waals surface area contributed by atoms with Gasteiger partial charge < -0.3 is 30.2 Å². The maximum Gasteiger partial charge on any atom is 0.377 e. The topological polar surface area (TPSA) is 159 Å². The lowest BCUT2D eigenvalue weighted by atomic mass is 9.84. The summed E-state index contributed by atoms with van der Waals surface area (Å²) in [5.41, 5.74) is 0. The van der Waals surface area contributed by atoms with Crippen molar-refractivity contribution in [3.8, 4) is 0 Å². The van der Waals surface area contributed by atoms with Gasteiger partial charge in [-0.3, -0.25) is 19.2 Å². The Morgan fingerprint density at radius 2 is 1.54 bits per heavy atom. The van der Waals surface area contributed by atoms with E-state index in [0.717, 1.165) is 0 Å². The number of Topliss-reactive ketones (excluding diaryl/α,β-unsaturated/α-hetero) is 1. The summed E-state index contributed by atoms with van der Waals surface area (Å²) < 4.78 is 0. The number of carboxylic acid groups (broad SMARTS) is 2. The summed E-state index contributed by atoms with van der Waals surface area (Å²) in [4.78, 5) is 34.6. The SMILES string of the molecule is CB(O)N1CC(=O)CC1C(=O)O.CB(O)N1C[C@H](O)CC1C(=O)O. The standard InChI is InChI=1S/C6H12BNO4.C6H10BNO4/c2*1-7(12)8-3-4(9)2-5(8)6(10)11/h4-5,9,12H,2-3H2,1H3,(H,10,11);5,12H,2-3H2,1H3,(H,10,11)/t4-,5?;/m1./s1. The molecule has 2 heterocycles. The van der Waals surface area contributed by atoms with Gasteiger partial charge in [-0.1, -0.05) is 0 Å². The highest BCUT2D eigenvalue weighted by atomic mass is 16.4. The maximum atomic E-state index is 10.9. The van der Waals surface area contributed by atoms with E-state index in [4.69, 9.17) is 25.4 Å². The van der Waals surface area contributed by atoms with Crippen molar-refractivity contribution in [3.63, 3.8) is 0 Å². The van der Waals surface area contributed by atoms with Gasteiger partial charge in [-0.25, -0.2) is 0 Å². The van der Waals surface area contributed by atoms with E-state index in [1.165, 1.54) is 23.3 Å². The molecule has 134 valence electrons. The Hall–Kier alpha value is -1.46. The van der Waals surface area contributed by atoms with Gasteiger partial charge in [0.25, 0.3) is 0 Å². The molecule has 2 fully saturated rings. The highest BCUT2D eigenvalue weighted by molar-refractivity contribution is 6.46. The van der Waals surface area contributed by atoms with E-state index >= 15 is 0 Å². The van der Waals surface area contributed by atoms with Crippen molar-refractivity contribution in [1.82, 2.24) is 9.62 Å². The van der Waals surface area contributed by atoms with Crippen molar-refractivity contribution in [2.75, 3.05) is 13.1 Å². The zero-order valence-electron chi connectivity index (χ0n) is 13.6. The molecule has 2 aliphatic heterocycles. The van der Waals surface area contributed by atoms with Crippen LogP contribution in [0.2, 0.25) is 13.6 Å². The van der Waals surface area contributed by atoms with Crippen molar-refractivity contribution in [1.29, 1.82) is 0 Å². The Morgan fingerprint density at radius 1 is 1.04 bits per heavy atom. The van der Waals surface area contributed by atoms with Gasteiger partial charge in [0.1, 0.15) is 17.9 Å². The van der Waals surface area contributed by atoms with Gasteiger partial charge in [0.2, 0.25) is 0 Å². The van der Waals surface area contributed by atoms with Crippen molar-refractivity contribution in [3.05, 3.63) is 0 Å². The molecule has 0 aliphatic carbocycles. The molecule has 0 aromatic heterocycles. The number of aliphatic hydroxyl groups is 1. The quantitative estimate of drug-likeness (QED) is 0.343. The zero-order valence-corrected chi connectivity index (χ0v) is 13.6. The predicted octanol–water partition coefficient (Wildman–Crippen LogP) is -2.56. The van der Waals surface area contributed by atoms with Crippen molar-refractivity contribution in [2.45, 2.75) is 44.7 Å². The van der Waals surface area contributed by atoms with Crippen molar-refractivity contribution < 1.29 is 39.8 Å². The summed E-state index contributed by atoms with van der Waals surface area (Å²) in [6.45, 7) is 3.21. The van der Waals surface area contributed by atoms with Crippen LogP contribution < -0.4 is 0 Å². The molecule has 2 saturated heterocycles. The van der Waals surface area contributed by atoms with Gasteiger partial charge in [-0.05, 0) is 20.1 Å². The van der Waals surface area contributed by atoms with Crippen LogP contribution in [0.3, 0.4) is 0 Å². The van der Waals surface area contributed by atoms with E-state index in [-0.39, 0.29) is 31.7 Å². The van der Waals surface area contributed by atoms with E-state index < -0.39 is 44.2 Å². The van der Waals surface area contributed by atoms with Crippen LogP contribution >= 0.6 is 0 Å². The molecule has 0 radical (unpaired) electrons. The van der Waals surface area contributed by atoms with E-state index in [1.54, 1.807) is 0 Å². The lowest BCUT2D eigenvalue weighted by Gasteiger charge is -2.20. The first-order valence-electron chi connectivity index (χ1n) is 7.57. The van der Waals surface area contributed by atoms with Crippen LogP contribution in [-0.4, -0.2) is 98.1 Å². The van der Waals surface area contributed by atoms with Gasteiger partial charge in [0.15, 0.2) is 0 Å². The molecule has 5 N–H and O–H groups in total. The van der Waals surface area contributed by atoms with Gasteiger partial charge in [0.05, 0.1) is 6.10 Å². The predicted molar refractivity (Wildman–Crippen MR) is 84.2 cm³/mol. The van der Waals surface area contributed by atoms with Crippen LogP contribution in [0, 0.1) is 0 Å². The number of hydrogen-bond donors (Lipinski definition) is 5. The number of carboxylic acids is 2. The third-order valence-electron chi connectivity index (χ3n) is 4.03. The van der Waals surface area contributed by atoms with E-state index in [1.807, 2.05) is 0 Å². The number of ketones is 1. The van der Waals surface area contributed by atoms with Gasteiger partial charge in [0, 0.05) is 19.5 Å². The summed E-state index contributed by atoms with van der Waals surface area (Å²) in [6.07, 6.45) is -0.443. The normalized spacial score (nSPS) is 27.5. The minimum Gasteiger partial charge on any atom is -0.480 e. The third-order valence-corrected chi connectivity index (χ3v) is 4.03. The molecule has 0 aromatic rings. The molecule has 2 unspecified atom stereocenters. The van der Waals surface area contributed by atoms with Crippen molar-refractivity contribution in [2.24, 2.45) is 0 Å². The number of nitrogens with zero attached hydrogens (tertiary/aromatic N) is 2. The maximum absolute atomic E-state index is 10.9. The minimum absolute atomic E-state index is 0.000231. The average molecular weight is 344 g/mol. The number of aliphatic hydroxyl groups excluding tert-OH is 1. The number of carbonyl (C=O) groups is 3. The van der Waals surface area contributed by atoms with Crippen LogP contribution in [0.4, 0.5) is 0 Å². The first kappa shape index (κ1) is 20.6. The molecule has 10 nitrogen and oxygen atoms in total. The van der Waals surface area contributed by atoms with Crippen LogP contribution in [0.25, 0.3) is 0 Å². The summed E-state index contributed by atoms with van der Waals surface area (Å²) in [7, 11) is -1.69. The molecule has 0 saturated carbocycles. The zero-order chi connectivity index (χ0) is 18.6. The van der Waals surface area contributed by atoms with Gasteiger partial charge in [-0.15, -0.1) is 0 Å². The molecular formula is C12H22B2N2O8. The van der Waals surface area contributed by atoms with E-state index in [9.17, 15) is 14.4 Å². The number of β-amino-alcohol motifs (C(OH)–C–C–N with tert-alkyl or cyclic N) is 1. The van der Waals surface area contributed by atoms with E-state index in [0.29, 0.717) is 0 Å². The Morgan fingerprint density at radius 3 is 1.88 bits per heavy atom. The summed E-state index contributed by atoms with van der Waals surface area (Å²) in [5, 5.41) is 44.7. The van der Waals surface area contributed by atoms with Crippen LogP contribution in [0.1, 0.15) is 12.8 Å². The second kappa shape index (κ2) is 8.58. The smallest absolute Gasteiger partial charge is 0.377 e.